The highest BCUT2D eigenvalue weighted by atomic mass is 19.1. The number of oxazole rings is 1. The number of carbonyl (C=O) groups is 1. The largest absolute Gasteiger partial charge is 0.435 e. The highest BCUT2D eigenvalue weighted by molar-refractivity contribution is 5.92. The Morgan fingerprint density at radius 2 is 2.03 bits per heavy atom. The van der Waals surface area contributed by atoms with E-state index in [2.05, 4.69) is 9.97 Å². The summed E-state index contributed by atoms with van der Waals surface area (Å²) in [5.41, 5.74) is 3.76. The van der Waals surface area contributed by atoms with Crippen LogP contribution in [0.2, 0.25) is 0 Å². The number of nitrogens with zero attached hydrogens (tertiary/aromatic N) is 3. The van der Waals surface area contributed by atoms with E-state index < -0.39 is 0 Å². The molecule has 1 aromatic carbocycles. The third-order valence-electron chi connectivity index (χ3n) is 5.41. The maximum atomic E-state index is 14.1. The van der Waals surface area contributed by atoms with Gasteiger partial charge in [0.1, 0.15) is 11.9 Å². The number of halogens is 1. The summed E-state index contributed by atoms with van der Waals surface area (Å²) in [7, 11) is 0. The zero-order valence-corrected chi connectivity index (χ0v) is 18.0. The van der Waals surface area contributed by atoms with E-state index >= 15 is 0 Å². The first-order valence-corrected chi connectivity index (χ1v) is 10.5. The van der Waals surface area contributed by atoms with E-state index in [0.717, 1.165) is 17.0 Å². The minimum absolute atomic E-state index is 0.183. The lowest BCUT2D eigenvalue weighted by molar-refractivity contribution is -0.0258. The lowest BCUT2D eigenvalue weighted by Crippen LogP contribution is -2.42. The number of aromatic nitrogens is 2. The Morgan fingerprint density at radius 3 is 2.77 bits per heavy atom. The van der Waals surface area contributed by atoms with E-state index in [0.29, 0.717) is 49.7 Å². The predicted molar refractivity (Wildman–Crippen MR) is 113 cm³/mol. The van der Waals surface area contributed by atoms with Gasteiger partial charge in [0.25, 0.3) is 5.91 Å². The quantitative estimate of drug-likeness (QED) is 0.615. The van der Waals surface area contributed by atoms with Crippen LogP contribution in [0.15, 0.2) is 40.8 Å². The maximum absolute atomic E-state index is 14.1. The topological polar surface area (TPSA) is 68.5 Å². The SMILES string of the molecule is CCc1nc(C)c(C(=O)N2CCO[C@@H](c3cc(Cc4ccccc4F)cc(C)n3)C2)o1. The van der Waals surface area contributed by atoms with Crippen molar-refractivity contribution in [2.75, 3.05) is 19.7 Å². The summed E-state index contributed by atoms with van der Waals surface area (Å²) in [4.78, 5) is 23.7. The van der Waals surface area contributed by atoms with Crippen LogP contribution in [-0.4, -0.2) is 40.5 Å². The van der Waals surface area contributed by atoms with Crippen molar-refractivity contribution in [3.63, 3.8) is 0 Å². The summed E-state index contributed by atoms with van der Waals surface area (Å²) in [6.45, 7) is 6.88. The van der Waals surface area contributed by atoms with Gasteiger partial charge in [-0.25, -0.2) is 9.37 Å². The van der Waals surface area contributed by atoms with Crippen molar-refractivity contribution < 1.29 is 18.3 Å². The summed E-state index contributed by atoms with van der Waals surface area (Å²) < 4.78 is 25.7. The van der Waals surface area contributed by atoms with E-state index in [4.69, 9.17) is 9.15 Å². The summed E-state index contributed by atoms with van der Waals surface area (Å²) >= 11 is 0. The molecule has 1 amide bonds. The van der Waals surface area contributed by atoms with Crippen LogP contribution >= 0.6 is 0 Å². The number of rotatable bonds is 5. The Morgan fingerprint density at radius 1 is 1.23 bits per heavy atom. The molecular weight excluding hydrogens is 397 g/mol. The van der Waals surface area contributed by atoms with Crippen molar-refractivity contribution in [2.45, 2.75) is 39.7 Å². The second kappa shape index (κ2) is 8.98. The number of aryl methyl sites for hydroxylation is 3. The van der Waals surface area contributed by atoms with Gasteiger partial charge < -0.3 is 14.1 Å². The Bertz CT molecular complexity index is 1100. The predicted octanol–water partition coefficient (Wildman–Crippen LogP) is 4.19. The van der Waals surface area contributed by atoms with Gasteiger partial charge in [0.15, 0.2) is 5.89 Å². The smallest absolute Gasteiger partial charge is 0.291 e. The summed E-state index contributed by atoms with van der Waals surface area (Å²) in [5, 5.41) is 0. The molecule has 1 atom stereocenters. The van der Waals surface area contributed by atoms with E-state index in [9.17, 15) is 9.18 Å². The third-order valence-corrected chi connectivity index (χ3v) is 5.41. The molecule has 0 saturated carbocycles. The van der Waals surface area contributed by atoms with Gasteiger partial charge in [0.05, 0.1) is 24.5 Å². The van der Waals surface area contributed by atoms with Crippen LogP contribution in [-0.2, 0) is 17.6 Å². The number of amides is 1. The summed E-state index contributed by atoms with van der Waals surface area (Å²) in [6, 6.07) is 10.7. The number of carbonyl (C=O) groups excluding carboxylic acids is 1. The fraction of sp³-hybridized carbons (Fsp3) is 0.375. The molecule has 162 valence electrons. The molecule has 1 fully saturated rings. The van der Waals surface area contributed by atoms with E-state index in [-0.39, 0.29) is 23.6 Å². The van der Waals surface area contributed by atoms with Crippen LogP contribution in [0.1, 0.15) is 57.7 Å². The molecule has 1 aliphatic heterocycles. The monoisotopic (exact) mass is 423 g/mol. The van der Waals surface area contributed by atoms with Crippen LogP contribution in [0.5, 0.6) is 0 Å². The molecule has 3 aromatic rings. The zero-order valence-electron chi connectivity index (χ0n) is 18.0. The second-order valence-electron chi connectivity index (χ2n) is 7.80. The summed E-state index contributed by atoms with van der Waals surface area (Å²) in [5.74, 6) is 0.439. The van der Waals surface area contributed by atoms with Gasteiger partial charge >= 0.3 is 0 Å². The maximum Gasteiger partial charge on any atom is 0.291 e. The Balaban J connectivity index is 1.54. The Hall–Kier alpha value is -3.06. The standard InChI is InChI=1S/C24H26FN3O3/c1-4-22-27-16(3)23(31-22)24(29)28-9-10-30-21(14-28)20-13-17(11-15(2)26-20)12-18-7-5-6-8-19(18)25/h5-8,11,13,21H,4,9-10,12,14H2,1-3H3/t21-/m1/s1. The third kappa shape index (κ3) is 4.66. The molecule has 3 heterocycles. The Labute approximate surface area is 181 Å². The van der Waals surface area contributed by atoms with Gasteiger partial charge in [-0.2, -0.15) is 0 Å². The molecule has 6 nitrogen and oxygen atoms in total. The second-order valence-corrected chi connectivity index (χ2v) is 7.80. The molecule has 1 aliphatic rings. The average molecular weight is 423 g/mol. The van der Waals surface area contributed by atoms with Gasteiger partial charge in [0.2, 0.25) is 5.76 Å². The molecule has 31 heavy (non-hydrogen) atoms. The lowest BCUT2D eigenvalue weighted by atomic mass is 10.0. The van der Waals surface area contributed by atoms with Gasteiger partial charge in [0, 0.05) is 25.1 Å². The molecule has 0 unspecified atom stereocenters. The van der Waals surface area contributed by atoms with E-state index in [1.165, 1.54) is 6.07 Å². The molecule has 0 radical (unpaired) electrons. The number of hydrogen-bond acceptors (Lipinski definition) is 5. The van der Waals surface area contributed by atoms with Crippen LogP contribution < -0.4 is 0 Å². The lowest BCUT2D eigenvalue weighted by Gasteiger charge is -2.32. The van der Waals surface area contributed by atoms with Gasteiger partial charge in [-0.15, -0.1) is 0 Å². The van der Waals surface area contributed by atoms with Crippen molar-refractivity contribution in [1.29, 1.82) is 0 Å². The number of ether oxygens (including phenoxy) is 1. The molecule has 4 rings (SSSR count). The van der Waals surface area contributed by atoms with Gasteiger partial charge in [-0.1, -0.05) is 25.1 Å². The highest BCUT2D eigenvalue weighted by Crippen LogP contribution is 2.25. The minimum atomic E-state index is -0.356. The van der Waals surface area contributed by atoms with Crippen LogP contribution in [0.3, 0.4) is 0 Å². The molecule has 0 N–H and O–H groups in total. The molecule has 0 aliphatic carbocycles. The molecule has 0 bridgehead atoms. The molecule has 0 spiro atoms. The molecule has 1 saturated heterocycles. The van der Waals surface area contributed by atoms with Crippen molar-refractivity contribution >= 4 is 5.91 Å². The van der Waals surface area contributed by atoms with Crippen molar-refractivity contribution in [3.05, 3.63) is 82.1 Å². The van der Waals surface area contributed by atoms with Crippen molar-refractivity contribution in [3.8, 4) is 0 Å². The van der Waals surface area contributed by atoms with Gasteiger partial charge in [-0.3, -0.25) is 9.78 Å². The Kier molecular flexibility index (Phi) is 6.13. The first-order valence-electron chi connectivity index (χ1n) is 10.5. The number of morpholine rings is 1. The fourth-order valence-electron chi connectivity index (χ4n) is 3.86. The van der Waals surface area contributed by atoms with E-state index in [1.54, 1.807) is 24.0 Å². The molecular formula is C24H26FN3O3. The van der Waals surface area contributed by atoms with Gasteiger partial charge in [-0.05, 0) is 43.2 Å². The number of hydrogen-bond donors (Lipinski definition) is 0. The molecule has 7 heteroatoms. The first kappa shape index (κ1) is 21.2. The minimum Gasteiger partial charge on any atom is -0.435 e. The zero-order chi connectivity index (χ0) is 22.0. The fourth-order valence-corrected chi connectivity index (χ4v) is 3.86. The number of benzene rings is 1. The van der Waals surface area contributed by atoms with Crippen molar-refractivity contribution in [1.82, 2.24) is 14.9 Å². The van der Waals surface area contributed by atoms with Crippen LogP contribution in [0.4, 0.5) is 4.39 Å². The van der Waals surface area contributed by atoms with E-state index in [1.807, 2.05) is 32.0 Å². The molecule has 2 aromatic heterocycles. The van der Waals surface area contributed by atoms with Crippen LogP contribution in [0, 0.1) is 19.7 Å². The van der Waals surface area contributed by atoms with Crippen molar-refractivity contribution in [2.24, 2.45) is 0 Å². The first-order chi connectivity index (χ1) is 14.9. The number of pyridine rings is 1. The highest BCUT2D eigenvalue weighted by Gasteiger charge is 2.30. The normalized spacial score (nSPS) is 16.5. The summed E-state index contributed by atoms with van der Waals surface area (Å²) in [6.07, 6.45) is 0.749. The average Bonchev–Trinajstić information content (AvgIpc) is 3.15. The van der Waals surface area contributed by atoms with Crippen LogP contribution in [0.25, 0.3) is 0 Å².